The van der Waals surface area contributed by atoms with Crippen molar-refractivity contribution >= 4 is 15.9 Å². The number of nitrogens with one attached hydrogen (secondary N) is 1. The van der Waals surface area contributed by atoms with E-state index < -0.39 is 0 Å². The quantitative estimate of drug-likeness (QED) is 0.931. The van der Waals surface area contributed by atoms with Crippen LogP contribution in [0.5, 0.6) is 0 Å². The lowest BCUT2D eigenvalue weighted by molar-refractivity contribution is 0.180. The van der Waals surface area contributed by atoms with Crippen LogP contribution in [0.25, 0.3) is 5.95 Å². The average molecular weight is 313 g/mol. The van der Waals surface area contributed by atoms with E-state index in [0.717, 1.165) is 11.4 Å². The van der Waals surface area contributed by atoms with Crippen LogP contribution in [0, 0.1) is 13.8 Å². The Morgan fingerprint density at radius 2 is 2.00 bits per heavy atom. The van der Waals surface area contributed by atoms with E-state index in [-0.39, 0.29) is 5.56 Å². The number of aryl methyl sites for hydroxylation is 2. The number of nitrogens with zero attached hydrogens (tertiary/aromatic N) is 3. The van der Waals surface area contributed by atoms with Crippen LogP contribution in [0.2, 0.25) is 0 Å². The topological polar surface area (TPSA) is 72.8 Å². The van der Waals surface area contributed by atoms with Crippen molar-refractivity contribution in [3.8, 4) is 5.95 Å². The molecule has 2 aromatic rings. The molecule has 96 valence electrons. The van der Waals surface area contributed by atoms with Crippen molar-refractivity contribution in [3.05, 3.63) is 38.0 Å². The molecule has 2 aromatic heterocycles. The molecule has 18 heavy (non-hydrogen) atoms. The Kier molecular flexibility index (Phi) is 3.63. The number of hydrogen-bond acceptors (Lipinski definition) is 4. The Hall–Kier alpha value is -1.47. The maximum atomic E-state index is 12.0. The highest BCUT2D eigenvalue weighted by Gasteiger charge is 2.14. The molecule has 0 radical (unpaired) electrons. The second kappa shape index (κ2) is 5.03. The monoisotopic (exact) mass is 312 g/mol. The van der Waals surface area contributed by atoms with Gasteiger partial charge in [-0.1, -0.05) is 0 Å². The molecule has 0 bridgehead atoms. The molecule has 0 saturated carbocycles. The molecule has 0 unspecified atom stereocenters. The fourth-order valence-corrected chi connectivity index (χ4v) is 2.03. The number of aromatic nitrogens is 4. The lowest BCUT2D eigenvalue weighted by Gasteiger charge is -2.02. The highest BCUT2D eigenvalue weighted by atomic mass is 79.9. The van der Waals surface area contributed by atoms with Gasteiger partial charge in [0.15, 0.2) is 0 Å². The summed E-state index contributed by atoms with van der Waals surface area (Å²) in [5.74, 6) is 0.334. The summed E-state index contributed by atoms with van der Waals surface area (Å²) in [6.45, 7) is 4.03. The number of aromatic amines is 1. The molecule has 0 atom stereocenters. The molecular formula is C11H13BrN4O2. The van der Waals surface area contributed by atoms with Gasteiger partial charge in [0.25, 0.3) is 11.5 Å². The van der Waals surface area contributed by atoms with E-state index >= 15 is 0 Å². The minimum absolute atomic E-state index is 0.230. The van der Waals surface area contributed by atoms with Crippen LogP contribution >= 0.6 is 15.9 Å². The Morgan fingerprint density at radius 1 is 1.39 bits per heavy atom. The van der Waals surface area contributed by atoms with Crippen LogP contribution < -0.4 is 5.56 Å². The molecule has 7 heteroatoms. The number of methoxy groups -OCH3 is 1. The van der Waals surface area contributed by atoms with E-state index in [0.29, 0.717) is 22.7 Å². The summed E-state index contributed by atoms with van der Waals surface area (Å²) in [6.07, 6.45) is 0. The molecule has 1 N–H and O–H groups in total. The Bertz CT molecular complexity index is 612. The van der Waals surface area contributed by atoms with Crippen LogP contribution in [0.1, 0.15) is 17.1 Å². The number of H-pyrrole nitrogens is 1. The van der Waals surface area contributed by atoms with Crippen molar-refractivity contribution in [2.75, 3.05) is 7.11 Å². The molecule has 0 fully saturated rings. The zero-order chi connectivity index (χ0) is 13.3. The minimum Gasteiger partial charge on any atom is -0.378 e. The molecule has 0 spiro atoms. The lowest BCUT2D eigenvalue weighted by atomic mass is 10.4. The summed E-state index contributed by atoms with van der Waals surface area (Å²) in [4.78, 5) is 20.5. The van der Waals surface area contributed by atoms with Gasteiger partial charge >= 0.3 is 0 Å². The third-order valence-electron chi connectivity index (χ3n) is 2.36. The average Bonchev–Trinajstić information content (AvgIpc) is 2.57. The second-order valence-electron chi connectivity index (χ2n) is 3.93. The van der Waals surface area contributed by atoms with E-state index in [1.807, 2.05) is 19.9 Å². The fourth-order valence-electron chi connectivity index (χ4n) is 1.65. The van der Waals surface area contributed by atoms with Crippen molar-refractivity contribution in [2.24, 2.45) is 0 Å². The van der Waals surface area contributed by atoms with Crippen LogP contribution in [0.3, 0.4) is 0 Å². The highest BCUT2D eigenvalue weighted by molar-refractivity contribution is 9.10. The molecule has 0 aromatic carbocycles. The maximum absolute atomic E-state index is 12.0. The van der Waals surface area contributed by atoms with Crippen molar-refractivity contribution < 1.29 is 4.74 Å². The molecule has 0 amide bonds. The van der Waals surface area contributed by atoms with Gasteiger partial charge in [-0.15, -0.1) is 0 Å². The second-order valence-corrected chi connectivity index (χ2v) is 4.72. The van der Waals surface area contributed by atoms with Crippen molar-refractivity contribution in [1.29, 1.82) is 0 Å². The summed E-state index contributed by atoms with van der Waals surface area (Å²) >= 11 is 3.24. The molecule has 0 saturated heterocycles. The van der Waals surface area contributed by atoms with Gasteiger partial charge in [0, 0.05) is 18.5 Å². The SMILES string of the molecule is COCc1[nH]n(-c2nc(C)cc(C)n2)c(=O)c1Br. The summed E-state index contributed by atoms with van der Waals surface area (Å²) in [6, 6.07) is 1.85. The van der Waals surface area contributed by atoms with Gasteiger partial charge in [-0.2, -0.15) is 4.68 Å². The molecular weight excluding hydrogens is 300 g/mol. The van der Waals surface area contributed by atoms with E-state index in [9.17, 15) is 4.79 Å². The van der Waals surface area contributed by atoms with Gasteiger partial charge in [-0.3, -0.25) is 9.89 Å². The predicted molar refractivity (Wildman–Crippen MR) is 69.9 cm³/mol. The Morgan fingerprint density at radius 3 is 2.56 bits per heavy atom. The normalized spacial score (nSPS) is 10.9. The van der Waals surface area contributed by atoms with Gasteiger partial charge in [-0.25, -0.2) is 9.97 Å². The van der Waals surface area contributed by atoms with Crippen LogP contribution in [0.4, 0.5) is 0 Å². The first kappa shape index (κ1) is 13.0. The van der Waals surface area contributed by atoms with Gasteiger partial charge in [-0.05, 0) is 35.8 Å². The van der Waals surface area contributed by atoms with E-state index in [1.165, 1.54) is 4.68 Å². The third kappa shape index (κ3) is 2.37. The summed E-state index contributed by atoms with van der Waals surface area (Å²) in [7, 11) is 1.56. The van der Waals surface area contributed by atoms with Crippen LogP contribution in [-0.4, -0.2) is 26.9 Å². The predicted octanol–water partition coefficient (Wildman–Crippen LogP) is 1.48. The largest absolute Gasteiger partial charge is 0.378 e. The van der Waals surface area contributed by atoms with E-state index in [2.05, 4.69) is 31.0 Å². The molecule has 0 aliphatic rings. The molecule has 0 aliphatic carbocycles. The van der Waals surface area contributed by atoms with Crippen LogP contribution in [-0.2, 0) is 11.3 Å². The Balaban J connectivity index is 2.57. The van der Waals surface area contributed by atoms with Crippen LogP contribution in [0.15, 0.2) is 15.3 Å². The van der Waals surface area contributed by atoms with Crippen molar-refractivity contribution in [1.82, 2.24) is 19.7 Å². The molecule has 0 aliphatic heterocycles. The number of rotatable bonds is 3. The first-order valence-corrected chi connectivity index (χ1v) is 6.13. The highest BCUT2D eigenvalue weighted by Crippen LogP contribution is 2.12. The van der Waals surface area contributed by atoms with Crippen molar-refractivity contribution in [2.45, 2.75) is 20.5 Å². The minimum atomic E-state index is -0.230. The zero-order valence-electron chi connectivity index (χ0n) is 10.3. The maximum Gasteiger partial charge on any atom is 0.288 e. The fraction of sp³-hybridized carbons (Fsp3) is 0.364. The molecule has 6 nitrogen and oxygen atoms in total. The summed E-state index contributed by atoms with van der Waals surface area (Å²) in [5, 5.41) is 2.93. The third-order valence-corrected chi connectivity index (χ3v) is 3.18. The van der Waals surface area contributed by atoms with Gasteiger partial charge in [0.1, 0.15) is 4.47 Å². The number of hydrogen-bond donors (Lipinski definition) is 1. The van der Waals surface area contributed by atoms with Gasteiger partial charge in [0.05, 0.1) is 12.3 Å². The zero-order valence-corrected chi connectivity index (χ0v) is 11.9. The first-order valence-electron chi connectivity index (χ1n) is 5.34. The van der Waals surface area contributed by atoms with E-state index in [1.54, 1.807) is 7.11 Å². The van der Waals surface area contributed by atoms with Crippen molar-refractivity contribution in [3.63, 3.8) is 0 Å². The molecule has 2 rings (SSSR count). The van der Waals surface area contributed by atoms with Gasteiger partial charge < -0.3 is 4.74 Å². The summed E-state index contributed by atoms with van der Waals surface area (Å²) in [5.41, 5.74) is 2.05. The standard InChI is InChI=1S/C11H13BrN4O2/c1-6-4-7(2)14-11(13-6)16-10(17)9(12)8(15-16)5-18-3/h4,15H,5H2,1-3H3. The van der Waals surface area contributed by atoms with Gasteiger partial charge in [0.2, 0.25) is 0 Å². The number of halogens is 1. The first-order chi connectivity index (χ1) is 8.52. The van der Waals surface area contributed by atoms with E-state index in [4.69, 9.17) is 4.74 Å². The molecule has 2 heterocycles. The number of ether oxygens (including phenoxy) is 1. The smallest absolute Gasteiger partial charge is 0.288 e. The summed E-state index contributed by atoms with van der Waals surface area (Å²) < 4.78 is 6.75. The lowest BCUT2D eigenvalue weighted by Crippen LogP contribution is -2.18. The Labute approximate surface area is 112 Å².